The minimum Gasteiger partial charge on any atom is -0.368 e. The van der Waals surface area contributed by atoms with Gasteiger partial charge in [0.2, 0.25) is 5.95 Å². The number of carbonyl (C=O) groups excluding carboxylic acids is 1. The van der Waals surface area contributed by atoms with Crippen molar-refractivity contribution >= 4 is 23.4 Å². The molecule has 1 amide bonds. The van der Waals surface area contributed by atoms with Crippen LogP contribution in [0.15, 0.2) is 24.4 Å². The second-order valence-electron chi connectivity index (χ2n) is 8.45. The highest BCUT2D eigenvalue weighted by molar-refractivity contribution is 5.97. The Hall–Kier alpha value is -2.98. The topological polar surface area (TPSA) is 70.2 Å². The standard InChI is InChI=1S/C22H26F5N5O/c1-12(2)29-19-13(3)11-28-21(31-19)30-14-4-6-15(7-5-14)32(20(33)22(25,26)27)16-8-9-17(23)18(24)10-16/h8-12,14-15H,4-7H2,1-3H3,(H2,28,29,30,31). The number of aryl methyl sites for hydroxylation is 1. The highest BCUT2D eigenvalue weighted by Crippen LogP contribution is 2.33. The number of hydrogen-bond acceptors (Lipinski definition) is 5. The first-order valence-electron chi connectivity index (χ1n) is 10.7. The average molecular weight is 471 g/mol. The Morgan fingerprint density at radius 2 is 1.79 bits per heavy atom. The molecule has 1 aliphatic carbocycles. The third-order valence-corrected chi connectivity index (χ3v) is 5.43. The fourth-order valence-corrected chi connectivity index (χ4v) is 3.86. The summed E-state index contributed by atoms with van der Waals surface area (Å²) in [5, 5.41) is 6.43. The molecule has 180 valence electrons. The quantitative estimate of drug-likeness (QED) is 0.567. The number of rotatable bonds is 6. The molecule has 6 nitrogen and oxygen atoms in total. The average Bonchev–Trinajstić information content (AvgIpc) is 2.73. The van der Waals surface area contributed by atoms with Gasteiger partial charge in [0.05, 0.1) is 0 Å². The van der Waals surface area contributed by atoms with Crippen molar-refractivity contribution in [3.05, 3.63) is 41.6 Å². The Bertz CT molecular complexity index is 990. The maximum atomic E-state index is 13.7. The van der Waals surface area contributed by atoms with Gasteiger partial charge in [-0.25, -0.2) is 13.8 Å². The third-order valence-electron chi connectivity index (χ3n) is 5.43. The van der Waals surface area contributed by atoms with Gasteiger partial charge < -0.3 is 15.5 Å². The zero-order valence-corrected chi connectivity index (χ0v) is 18.5. The van der Waals surface area contributed by atoms with Crippen molar-refractivity contribution in [2.24, 2.45) is 0 Å². The fourth-order valence-electron chi connectivity index (χ4n) is 3.86. The lowest BCUT2D eigenvalue weighted by Gasteiger charge is -2.37. The minimum absolute atomic E-state index is 0.108. The SMILES string of the molecule is Cc1cnc(NC2CCC(N(C(=O)C(F)(F)F)c3ccc(F)c(F)c3)CC2)nc1NC(C)C. The van der Waals surface area contributed by atoms with Gasteiger partial charge in [0.1, 0.15) is 5.82 Å². The molecule has 3 rings (SSSR count). The van der Waals surface area contributed by atoms with Gasteiger partial charge in [0.25, 0.3) is 0 Å². The second-order valence-corrected chi connectivity index (χ2v) is 8.45. The molecule has 0 bridgehead atoms. The van der Waals surface area contributed by atoms with Crippen LogP contribution in [0.3, 0.4) is 0 Å². The maximum Gasteiger partial charge on any atom is 0.471 e. The summed E-state index contributed by atoms with van der Waals surface area (Å²) in [4.78, 5) is 21.4. The number of halogens is 5. The molecule has 1 aromatic heterocycles. The summed E-state index contributed by atoms with van der Waals surface area (Å²) in [5.74, 6) is -3.52. The van der Waals surface area contributed by atoms with Crippen molar-refractivity contribution in [2.45, 2.75) is 70.8 Å². The summed E-state index contributed by atoms with van der Waals surface area (Å²) in [5.41, 5.74) is 0.560. The second kappa shape index (κ2) is 9.88. The van der Waals surface area contributed by atoms with Gasteiger partial charge >= 0.3 is 12.1 Å². The normalized spacial score (nSPS) is 18.8. The van der Waals surface area contributed by atoms with Crippen LogP contribution in [0.5, 0.6) is 0 Å². The van der Waals surface area contributed by atoms with E-state index in [9.17, 15) is 26.7 Å². The monoisotopic (exact) mass is 471 g/mol. The molecule has 1 saturated carbocycles. The Labute approximate surface area is 188 Å². The van der Waals surface area contributed by atoms with Crippen LogP contribution < -0.4 is 15.5 Å². The molecule has 2 aromatic rings. The predicted octanol–water partition coefficient (Wildman–Crippen LogP) is 5.20. The number of anilines is 3. The molecular weight excluding hydrogens is 445 g/mol. The largest absolute Gasteiger partial charge is 0.471 e. The van der Waals surface area contributed by atoms with Crippen molar-refractivity contribution in [3.63, 3.8) is 0 Å². The van der Waals surface area contributed by atoms with Crippen molar-refractivity contribution in [2.75, 3.05) is 15.5 Å². The van der Waals surface area contributed by atoms with E-state index < -0.39 is 29.8 Å². The molecule has 0 radical (unpaired) electrons. The van der Waals surface area contributed by atoms with E-state index in [1.807, 2.05) is 20.8 Å². The van der Waals surface area contributed by atoms with E-state index in [2.05, 4.69) is 20.6 Å². The van der Waals surface area contributed by atoms with E-state index in [-0.39, 0.29) is 30.6 Å². The number of carbonyl (C=O) groups is 1. The minimum atomic E-state index is -5.14. The number of nitrogens with zero attached hydrogens (tertiary/aromatic N) is 3. The van der Waals surface area contributed by atoms with Crippen LogP contribution in [-0.4, -0.2) is 40.2 Å². The lowest BCUT2D eigenvalue weighted by molar-refractivity contribution is -0.171. The number of benzene rings is 1. The predicted molar refractivity (Wildman–Crippen MR) is 115 cm³/mol. The zero-order valence-electron chi connectivity index (χ0n) is 18.5. The van der Waals surface area contributed by atoms with E-state index in [4.69, 9.17) is 0 Å². The number of nitrogens with one attached hydrogen (secondary N) is 2. The van der Waals surface area contributed by atoms with Gasteiger partial charge in [-0.2, -0.15) is 18.2 Å². The number of hydrogen-bond donors (Lipinski definition) is 2. The maximum absolute atomic E-state index is 13.7. The van der Waals surface area contributed by atoms with Crippen molar-refractivity contribution < 1.29 is 26.7 Å². The third kappa shape index (κ3) is 6.08. The van der Waals surface area contributed by atoms with Crippen LogP contribution in [0.25, 0.3) is 0 Å². The molecule has 0 atom stereocenters. The Balaban J connectivity index is 1.73. The molecular formula is C22H26F5N5O. The molecule has 1 aromatic carbocycles. The van der Waals surface area contributed by atoms with Crippen LogP contribution >= 0.6 is 0 Å². The molecule has 11 heteroatoms. The Morgan fingerprint density at radius 1 is 1.12 bits per heavy atom. The van der Waals surface area contributed by atoms with Gasteiger partial charge in [-0.3, -0.25) is 4.79 Å². The highest BCUT2D eigenvalue weighted by Gasteiger charge is 2.46. The molecule has 2 N–H and O–H groups in total. The first-order valence-corrected chi connectivity index (χ1v) is 10.7. The van der Waals surface area contributed by atoms with Crippen LogP contribution in [-0.2, 0) is 4.79 Å². The van der Waals surface area contributed by atoms with Crippen LogP contribution in [0, 0.1) is 18.6 Å². The van der Waals surface area contributed by atoms with E-state index in [1.165, 1.54) is 0 Å². The van der Waals surface area contributed by atoms with Crippen LogP contribution in [0.1, 0.15) is 45.1 Å². The van der Waals surface area contributed by atoms with E-state index >= 15 is 0 Å². The summed E-state index contributed by atoms with van der Waals surface area (Å²) >= 11 is 0. The van der Waals surface area contributed by atoms with Crippen LogP contribution in [0.4, 0.5) is 39.4 Å². The van der Waals surface area contributed by atoms with Gasteiger partial charge in [-0.1, -0.05) is 0 Å². The molecule has 0 aliphatic heterocycles. The Kier molecular flexibility index (Phi) is 7.38. The molecule has 0 saturated heterocycles. The van der Waals surface area contributed by atoms with Crippen molar-refractivity contribution in [1.82, 2.24) is 9.97 Å². The lowest BCUT2D eigenvalue weighted by Crippen LogP contribution is -2.49. The van der Waals surface area contributed by atoms with Gasteiger partial charge in [0, 0.05) is 41.6 Å². The number of alkyl halides is 3. The first kappa shape index (κ1) is 24.7. The lowest BCUT2D eigenvalue weighted by atomic mass is 9.89. The number of amides is 1. The summed E-state index contributed by atoms with van der Waals surface area (Å²) in [6.07, 6.45) is -2.10. The van der Waals surface area contributed by atoms with E-state index in [1.54, 1.807) is 6.20 Å². The van der Waals surface area contributed by atoms with Crippen molar-refractivity contribution in [3.8, 4) is 0 Å². The van der Waals surface area contributed by atoms with Gasteiger partial charge in [-0.05, 0) is 58.6 Å². The zero-order chi connectivity index (χ0) is 24.3. The summed E-state index contributed by atoms with van der Waals surface area (Å²) in [6, 6.07) is 1.58. The van der Waals surface area contributed by atoms with Crippen molar-refractivity contribution in [1.29, 1.82) is 0 Å². The molecule has 1 aliphatic rings. The Morgan fingerprint density at radius 3 is 2.36 bits per heavy atom. The first-order chi connectivity index (χ1) is 15.5. The highest BCUT2D eigenvalue weighted by atomic mass is 19.4. The number of aromatic nitrogens is 2. The molecule has 33 heavy (non-hydrogen) atoms. The van der Waals surface area contributed by atoms with E-state index in [0.717, 1.165) is 11.6 Å². The molecule has 1 fully saturated rings. The molecule has 0 spiro atoms. The molecule has 0 unspecified atom stereocenters. The summed E-state index contributed by atoms with van der Waals surface area (Å²) in [7, 11) is 0. The summed E-state index contributed by atoms with van der Waals surface area (Å²) < 4.78 is 66.7. The smallest absolute Gasteiger partial charge is 0.368 e. The fraction of sp³-hybridized carbons (Fsp3) is 0.500. The van der Waals surface area contributed by atoms with Gasteiger partial charge in [0.15, 0.2) is 11.6 Å². The van der Waals surface area contributed by atoms with Gasteiger partial charge in [-0.15, -0.1) is 0 Å². The van der Waals surface area contributed by atoms with E-state index in [0.29, 0.717) is 41.6 Å². The van der Waals surface area contributed by atoms with Crippen LogP contribution in [0.2, 0.25) is 0 Å². The molecule has 1 heterocycles. The summed E-state index contributed by atoms with van der Waals surface area (Å²) in [6.45, 7) is 5.85.